The van der Waals surface area contributed by atoms with E-state index in [4.69, 9.17) is 11.6 Å². The number of hydrogen-bond donors (Lipinski definition) is 1. The van der Waals surface area contributed by atoms with E-state index in [0.717, 1.165) is 16.8 Å². The molecule has 1 amide bonds. The fraction of sp³-hybridized carbons (Fsp3) is 0.0952. The third kappa shape index (κ3) is 4.35. The number of carbonyl (C=O) groups is 1. The molecule has 0 radical (unpaired) electrons. The molecule has 2 aromatic carbocycles. The molecule has 0 aliphatic heterocycles. The van der Waals surface area contributed by atoms with E-state index in [0.29, 0.717) is 16.3 Å². The molecule has 0 saturated heterocycles. The lowest BCUT2D eigenvalue weighted by molar-refractivity contribution is 0.0954. The molecule has 1 aromatic heterocycles. The minimum atomic E-state index is -0.295. The number of carbonyl (C=O) groups excluding carboxylic acids is 1. The summed E-state index contributed by atoms with van der Waals surface area (Å²) in [6, 6.07) is 18.9. The third-order valence-electron chi connectivity index (χ3n) is 3.91. The molecule has 26 heavy (non-hydrogen) atoms. The molecule has 4 nitrogen and oxygen atoms in total. The van der Waals surface area contributed by atoms with Crippen molar-refractivity contribution in [2.45, 2.75) is 13.8 Å². The van der Waals surface area contributed by atoms with E-state index in [9.17, 15) is 4.79 Å². The number of halogens is 1. The van der Waals surface area contributed by atoms with Gasteiger partial charge in [-0.05, 0) is 43.7 Å². The first kappa shape index (κ1) is 17.8. The van der Waals surface area contributed by atoms with Crippen molar-refractivity contribution in [2.75, 3.05) is 0 Å². The first-order valence-corrected chi connectivity index (χ1v) is 8.54. The molecule has 3 rings (SSSR count). The number of benzene rings is 2. The van der Waals surface area contributed by atoms with Crippen LogP contribution in [0, 0.1) is 13.8 Å². The van der Waals surface area contributed by atoms with Gasteiger partial charge >= 0.3 is 0 Å². The summed E-state index contributed by atoms with van der Waals surface area (Å²) in [5, 5.41) is 4.66. The minimum Gasteiger partial charge on any atom is -0.267 e. The number of hydrazone groups is 1. The quantitative estimate of drug-likeness (QED) is 0.535. The van der Waals surface area contributed by atoms with Crippen molar-refractivity contribution in [3.8, 4) is 11.3 Å². The Morgan fingerprint density at radius 1 is 1.08 bits per heavy atom. The van der Waals surface area contributed by atoms with Gasteiger partial charge in [-0.25, -0.2) is 5.43 Å². The molecular formula is C21H18ClN3O. The van der Waals surface area contributed by atoms with Gasteiger partial charge in [-0.2, -0.15) is 5.10 Å². The van der Waals surface area contributed by atoms with Crippen LogP contribution in [0.5, 0.6) is 0 Å². The Hall–Kier alpha value is -2.98. The SMILES string of the molecule is Cc1ccc(/C=N/NC(=O)c2ccc(-c3cccc(Cl)c3)nc2C)cc1. The Morgan fingerprint density at radius 2 is 1.85 bits per heavy atom. The van der Waals surface area contributed by atoms with Crippen molar-refractivity contribution < 1.29 is 4.79 Å². The molecule has 5 heteroatoms. The largest absolute Gasteiger partial charge is 0.273 e. The van der Waals surface area contributed by atoms with Gasteiger partial charge in [0, 0.05) is 10.6 Å². The van der Waals surface area contributed by atoms with Crippen LogP contribution in [0.1, 0.15) is 27.2 Å². The van der Waals surface area contributed by atoms with Crippen LogP contribution in [0.25, 0.3) is 11.3 Å². The second-order valence-electron chi connectivity index (χ2n) is 5.95. The van der Waals surface area contributed by atoms with E-state index < -0.39 is 0 Å². The molecule has 0 aliphatic rings. The molecule has 0 unspecified atom stereocenters. The molecule has 0 spiro atoms. The van der Waals surface area contributed by atoms with Gasteiger partial charge in [-0.15, -0.1) is 0 Å². The summed E-state index contributed by atoms with van der Waals surface area (Å²) in [6.07, 6.45) is 1.61. The summed E-state index contributed by atoms with van der Waals surface area (Å²) in [5.74, 6) is -0.295. The topological polar surface area (TPSA) is 54.4 Å². The lowest BCUT2D eigenvalue weighted by Gasteiger charge is -2.07. The Labute approximate surface area is 157 Å². The van der Waals surface area contributed by atoms with Crippen LogP contribution < -0.4 is 5.43 Å². The molecule has 0 atom stereocenters. The maximum absolute atomic E-state index is 12.3. The zero-order chi connectivity index (χ0) is 18.5. The number of amides is 1. The number of pyridine rings is 1. The van der Waals surface area contributed by atoms with E-state index in [1.807, 2.05) is 55.5 Å². The number of hydrogen-bond acceptors (Lipinski definition) is 3. The summed E-state index contributed by atoms with van der Waals surface area (Å²) < 4.78 is 0. The average molecular weight is 364 g/mol. The van der Waals surface area contributed by atoms with Crippen LogP contribution in [0.3, 0.4) is 0 Å². The van der Waals surface area contributed by atoms with Crippen LogP contribution >= 0.6 is 11.6 Å². The average Bonchev–Trinajstić information content (AvgIpc) is 2.63. The van der Waals surface area contributed by atoms with E-state index >= 15 is 0 Å². The first-order chi connectivity index (χ1) is 12.5. The van der Waals surface area contributed by atoms with Gasteiger partial charge in [0.2, 0.25) is 0 Å². The maximum atomic E-state index is 12.3. The van der Waals surface area contributed by atoms with Crippen LogP contribution in [0.4, 0.5) is 0 Å². The molecule has 0 aliphatic carbocycles. The molecule has 0 saturated carbocycles. The molecular weight excluding hydrogens is 346 g/mol. The number of aryl methyl sites for hydroxylation is 2. The van der Waals surface area contributed by atoms with Crippen molar-refractivity contribution in [3.05, 3.63) is 88.1 Å². The number of nitrogens with one attached hydrogen (secondary N) is 1. The van der Waals surface area contributed by atoms with E-state index in [1.165, 1.54) is 5.56 Å². The number of nitrogens with zero attached hydrogens (tertiary/aromatic N) is 2. The lowest BCUT2D eigenvalue weighted by atomic mass is 10.1. The van der Waals surface area contributed by atoms with Crippen molar-refractivity contribution in [2.24, 2.45) is 5.10 Å². The van der Waals surface area contributed by atoms with Gasteiger partial charge in [0.1, 0.15) is 0 Å². The Bertz CT molecular complexity index is 965. The molecule has 3 aromatic rings. The van der Waals surface area contributed by atoms with E-state index in [2.05, 4.69) is 15.5 Å². The van der Waals surface area contributed by atoms with Crippen molar-refractivity contribution in [1.82, 2.24) is 10.4 Å². The third-order valence-corrected chi connectivity index (χ3v) is 4.14. The van der Waals surface area contributed by atoms with Gasteiger partial charge in [0.25, 0.3) is 5.91 Å². The Kier molecular flexibility index (Phi) is 5.44. The van der Waals surface area contributed by atoms with Crippen LogP contribution in [0.15, 0.2) is 65.8 Å². The standard InChI is InChI=1S/C21H18ClN3O/c1-14-6-8-16(9-7-14)13-23-25-21(26)19-10-11-20(24-15(19)2)17-4-3-5-18(22)12-17/h3-13H,1-2H3,(H,25,26)/b23-13+. The molecule has 0 fully saturated rings. The number of rotatable bonds is 4. The Morgan fingerprint density at radius 3 is 2.54 bits per heavy atom. The summed E-state index contributed by atoms with van der Waals surface area (Å²) in [4.78, 5) is 16.8. The van der Waals surface area contributed by atoms with Gasteiger partial charge < -0.3 is 0 Å². The molecule has 130 valence electrons. The smallest absolute Gasteiger partial charge is 0.267 e. The van der Waals surface area contributed by atoms with Crippen molar-refractivity contribution in [1.29, 1.82) is 0 Å². The second kappa shape index (κ2) is 7.93. The van der Waals surface area contributed by atoms with Gasteiger partial charge in [-0.3, -0.25) is 9.78 Å². The highest BCUT2D eigenvalue weighted by molar-refractivity contribution is 6.30. The van der Waals surface area contributed by atoms with Crippen LogP contribution in [-0.2, 0) is 0 Å². The normalized spacial score (nSPS) is 10.9. The fourth-order valence-electron chi connectivity index (χ4n) is 2.49. The predicted molar refractivity (Wildman–Crippen MR) is 106 cm³/mol. The zero-order valence-electron chi connectivity index (χ0n) is 14.5. The highest BCUT2D eigenvalue weighted by Gasteiger charge is 2.11. The minimum absolute atomic E-state index is 0.295. The first-order valence-electron chi connectivity index (χ1n) is 8.16. The van der Waals surface area contributed by atoms with Crippen molar-refractivity contribution >= 4 is 23.7 Å². The summed E-state index contributed by atoms with van der Waals surface area (Å²) >= 11 is 6.02. The summed E-state index contributed by atoms with van der Waals surface area (Å²) in [5.41, 5.74) is 7.42. The van der Waals surface area contributed by atoms with Gasteiger partial charge in [0.15, 0.2) is 0 Å². The highest BCUT2D eigenvalue weighted by atomic mass is 35.5. The van der Waals surface area contributed by atoms with Gasteiger partial charge in [0.05, 0.1) is 23.2 Å². The van der Waals surface area contributed by atoms with Crippen LogP contribution in [-0.4, -0.2) is 17.1 Å². The zero-order valence-corrected chi connectivity index (χ0v) is 15.3. The molecule has 1 N–H and O–H groups in total. The molecule has 0 bridgehead atoms. The maximum Gasteiger partial charge on any atom is 0.273 e. The fourth-order valence-corrected chi connectivity index (χ4v) is 2.68. The van der Waals surface area contributed by atoms with E-state index in [-0.39, 0.29) is 5.91 Å². The Balaban J connectivity index is 1.72. The lowest BCUT2D eigenvalue weighted by Crippen LogP contribution is -2.19. The second-order valence-corrected chi connectivity index (χ2v) is 6.39. The van der Waals surface area contributed by atoms with Gasteiger partial charge in [-0.1, -0.05) is 53.6 Å². The summed E-state index contributed by atoms with van der Waals surface area (Å²) in [7, 11) is 0. The van der Waals surface area contributed by atoms with Crippen LogP contribution in [0.2, 0.25) is 5.02 Å². The number of aromatic nitrogens is 1. The highest BCUT2D eigenvalue weighted by Crippen LogP contribution is 2.22. The van der Waals surface area contributed by atoms with E-state index in [1.54, 1.807) is 25.3 Å². The molecule has 1 heterocycles. The van der Waals surface area contributed by atoms with Crippen molar-refractivity contribution in [3.63, 3.8) is 0 Å². The summed E-state index contributed by atoms with van der Waals surface area (Å²) in [6.45, 7) is 3.82. The monoisotopic (exact) mass is 363 g/mol. The predicted octanol–water partition coefficient (Wildman–Crippen LogP) is 4.78.